The molecule has 3 heteroatoms. The minimum atomic E-state index is 0.167. The maximum Gasteiger partial charge on any atom is 0.0558 e. The second kappa shape index (κ2) is 6.63. The van der Waals surface area contributed by atoms with Gasteiger partial charge in [0.15, 0.2) is 0 Å². The van der Waals surface area contributed by atoms with Crippen LogP contribution in [0.25, 0.3) is 0 Å². The molecular weight excluding hydrogens is 200 g/mol. The fourth-order valence-electron chi connectivity index (χ4n) is 1.86. The number of rotatable bonds is 6. The minimum Gasteiger partial charge on any atom is -0.395 e. The number of likely N-dealkylation sites (N-methyl/N-ethyl adjacent to an activating group) is 1. The first-order valence-corrected chi connectivity index (χ1v) is 5.83. The second-order valence-corrected chi connectivity index (χ2v) is 4.05. The van der Waals surface area contributed by atoms with E-state index < -0.39 is 0 Å². The quantitative estimate of drug-likeness (QED) is 0.759. The summed E-state index contributed by atoms with van der Waals surface area (Å²) in [7, 11) is 1.99. The van der Waals surface area contributed by atoms with Gasteiger partial charge < -0.3 is 10.8 Å². The van der Waals surface area contributed by atoms with Crippen LogP contribution in [0.2, 0.25) is 0 Å². The van der Waals surface area contributed by atoms with Gasteiger partial charge >= 0.3 is 0 Å². The van der Waals surface area contributed by atoms with Crippen molar-refractivity contribution < 1.29 is 5.11 Å². The standard InChI is InChI=1S/C13H22N2O/c1-3-11-4-6-12(7-5-11)13(10-14)15(2)8-9-16/h4-7,13,16H,3,8-10,14H2,1-2H3. The van der Waals surface area contributed by atoms with Gasteiger partial charge in [-0.2, -0.15) is 0 Å². The van der Waals surface area contributed by atoms with Crippen molar-refractivity contribution in [2.75, 3.05) is 26.7 Å². The van der Waals surface area contributed by atoms with Crippen LogP contribution in [0.5, 0.6) is 0 Å². The number of aryl methyl sites for hydroxylation is 1. The normalized spacial score (nSPS) is 13.1. The average molecular weight is 222 g/mol. The largest absolute Gasteiger partial charge is 0.395 e. The summed E-state index contributed by atoms with van der Waals surface area (Å²) in [6, 6.07) is 8.74. The van der Waals surface area contributed by atoms with Crippen LogP contribution in [0.3, 0.4) is 0 Å². The Morgan fingerprint density at radius 3 is 2.38 bits per heavy atom. The van der Waals surface area contributed by atoms with Gasteiger partial charge in [-0.15, -0.1) is 0 Å². The molecule has 0 aliphatic carbocycles. The number of benzene rings is 1. The molecule has 0 fully saturated rings. The van der Waals surface area contributed by atoms with Gasteiger partial charge in [0.05, 0.1) is 6.61 Å². The fraction of sp³-hybridized carbons (Fsp3) is 0.538. The lowest BCUT2D eigenvalue weighted by Gasteiger charge is -2.26. The van der Waals surface area contributed by atoms with Crippen LogP contribution in [-0.2, 0) is 6.42 Å². The molecule has 0 spiro atoms. The molecule has 0 bridgehead atoms. The van der Waals surface area contributed by atoms with E-state index in [1.54, 1.807) is 0 Å². The molecule has 1 atom stereocenters. The molecule has 0 saturated heterocycles. The number of nitrogens with zero attached hydrogens (tertiary/aromatic N) is 1. The fourth-order valence-corrected chi connectivity index (χ4v) is 1.86. The number of hydrogen-bond donors (Lipinski definition) is 2. The highest BCUT2D eigenvalue weighted by molar-refractivity contribution is 5.25. The SMILES string of the molecule is CCc1ccc(C(CN)N(C)CCO)cc1. The molecule has 0 radical (unpaired) electrons. The van der Waals surface area contributed by atoms with E-state index in [1.165, 1.54) is 11.1 Å². The van der Waals surface area contributed by atoms with Gasteiger partial charge in [-0.05, 0) is 24.6 Å². The molecule has 0 aliphatic heterocycles. The van der Waals surface area contributed by atoms with Crippen LogP contribution >= 0.6 is 0 Å². The molecule has 0 heterocycles. The Morgan fingerprint density at radius 1 is 1.31 bits per heavy atom. The number of nitrogens with two attached hydrogens (primary N) is 1. The molecule has 0 aromatic heterocycles. The zero-order valence-corrected chi connectivity index (χ0v) is 10.2. The van der Waals surface area contributed by atoms with Gasteiger partial charge in [0.2, 0.25) is 0 Å². The third kappa shape index (κ3) is 3.30. The van der Waals surface area contributed by atoms with Gasteiger partial charge in [-0.1, -0.05) is 31.2 Å². The van der Waals surface area contributed by atoms with Crippen molar-refractivity contribution in [1.29, 1.82) is 0 Å². The number of aliphatic hydroxyl groups is 1. The molecular formula is C13H22N2O. The average Bonchev–Trinajstić information content (AvgIpc) is 2.31. The predicted molar refractivity (Wildman–Crippen MR) is 67.3 cm³/mol. The van der Waals surface area contributed by atoms with Crippen molar-refractivity contribution in [3.05, 3.63) is 35.4 Å². The maximum atomic E-state index is 8.93. The van der Waals surface area contributed by atoms with E-state index in [0.29, 0.717) is 13.1 Å². The maximum absolute atomic E-state index is 8.93. The Bertz CT molecular complexity index is 297. The van der Waals surface area contributed by atoms with Gasteiger partial charge in [-0.3, -0.25) is 4.90 Å². The van der Waals surface area contributed by atoms with Crippen LogP contribution < -0.4 is 5.73 Å². The Balaban J connectivity index is 2.78. The van der Waals surface area contributed by atoms with E-state index in [4.69, 9.17) is 10.8 Å². The molecule has 0 aliphatic rings. The molecule has 90 valence electrons. The van der Waals surface area contributed by atoms with Crippen molar-refractivity contribution in [3.63, 3.8) is 0 Å². The lowest BCUT2D eigenvalue weighted by Crippen LogP contribution is -2.32. The summed E-state index contributed by atoms with van der Waals surface area (Å²) in [4.78, 5) is 2.08. The molecule has 3 nitrogen and oxygen atoms in total. The monoisotopic (exact) mass is 222 g/mol. The van der Waals surface area contributed by atoms with Crippen LogP contribution in [0.4, 0.5) is 0 Å². The van der Waals surface area contributed by atoms with E-state index in [2.05, 4.69) is 36.1 Å². The van der Waals surface area contributed by atoms with E-state index in [9.17, 15) is 0 Å². The van der Waals surface area contributed by atoms with Crippen LogP contribution in [0.15, 0.2) is 24.3 Å². The lowest BCUT2D eigenvalue weighted by molar-refractivity contribution is 0.183. The van der Waals surface area contributed by atoms with Crippen molar-refractivity contribution in [2.45, 2.75) is 19.4 Å². The zero-order chi connectivity index (χ0) is 12.0. The van der Waals surface area contributed by atoms with Crippen molar-refractivity contribution in [1.82, 2.24) is 4.90 Å². The van der Waals surface area contributed by atoms with Crippen molar-refractivity contribution >= 4 is 0 Å². The van der Waals surface area contributed by atoms with E-state index >= 15 is 0 Å². The molecule has 1 rings (SSSR count). The first-order valence-electron chi connectivity index (χ1n) is 5.83. The van der Waals surface area contributed by atoms with Crippen LogP contribution in [-0.4, -0.2) is 36.8 Å². The molecule has 0 amide bonds. The van der Waals surface area contributed by atoms with Crippen molar-refractivity contribution in [2.24, 2.45) is 5.73 Å². The van der Waals surface area contributed by atoms with Gasteiger partial charge in [-0.25, -0.2) is 0 Å². The van der Waals surface area contributed by atoms with E-state index in [1.807, 2.05) is 7.05 Å². The molecule has 1 unspecified atom stereocenters. The molecule has 0 saturated carbocycles. The Labute approximate surface area is 97.9 Å². The summed E-state index contributed by atoms with van der Waals surface area (Å²) >= 11 is 0. The lowest BCUT2D eigenvalue weighted by atomic mass is 10.0. The van der Waals surface area contributed by atoms with E-state index in [0.717, 1.165) is 6.42 Å². The Hall–Kier alpha value is -0.900. The van der Waals surface area contributed by atoms with E-state index in [-0.39, 0.29) is 12.6 Å². The summed E-state index contributed by atoms with van der Waals surface area (Å²) in [6.45, 7) is 3.53. The van der Waals surface area contributed by atoms with Crippen molar-refractivity contribution in [3.8, 4) is 0 Å². The minimum absolute atomic E-state index is 0.167. The highest BCUT2D eigenvalue weighted by Crippen LogP contribution is 2.18. The summed E-state index contributed by atoms with van der Waals surface area (Å²) in [5.74, 6) is 0. The topological polar surface area (TPSA) is 49.5 Å². The first-order chi connectivity index (χ1) is 7.72. The molecule has 3 N–H and O–H groups in total. The predicted octanol–water partition coefficient (Wildman–Crippen LogP) is 1.17. The smallest absolute Gasteiger partial charge is 0.0558 e. The third-order valence-electron chi connectivity index (χ3n) is 2.98. The van der Waals surface area contributed by atoms with Crippen LogP contribution in [0.1, 0.15) is 24.1 Å². The molecule has 1 aromatic carbocycles. The first kappa shape index (κ1) is 13.2. The third-order valence-corrected chi connectivity index (χ3v) is 2.98. The Morgan fingerprint density at radius 2 is 1.94 bits per heavy atom. The molecule has 16 heavy (non-hydrogen) atoms. The highest BCUT2D eigenvalue weighted by Gasteiger charge is 2.14. The van der Waals surface area contributed by atoms with Gasteiger partial charge in [0, 0.05) is 19.1 Å². The van der Waals surface area contributed by atoms with Gasteiger partial charge in [0.25, 0.3) is 0 Å². The number of aliphatic hydroxyl groups excluding tert-OH is 1. The summed E-state index contributed by atoms with van der Waals surface area (Å²) in [5, 5.41) is 8.93. The molecule has 1 aromatic rings. The van der Waals surface area contributed by atoms with Gasteiger partial charge in [0.1, 0.15) is 0 Å². The summed E-state index contributed by atoms with van der Waals surface area (Å²) in [6.07, 6.45) is 1.06. The zero-order valence-electron chi connectivity index (χ0n) is 10.2. The summed E-state index contributed by atoms with van der Waals surface area (Å²) in [5.41, 5.74) is 8.34. The Kier molecular flexibility index (Phi) is 5.46. The van der Waals surface area contributed by atoms with Crippen LogP contribution in [0, 0.1) is 0 Å². The highest BCUT2D eigenvalue weighted by atomic mass is 16.3. The number of hydrogen-bond acceptors (Lipinski definition) is 3. The second-order valence-electron chi connectivity index (χ2n) is 4.05. The summed E-state index contributed by atoms with van der Waals surface area (Å²) < 4.78 is 0.